The van der Waals surface area contributed by atoms with E-state index in [1.807, 2.05) is 12.3 Å². The van der Waals surface area contributed by atoms with Crippen LogP contribution in [0.4, 0.5) is 0 Å². The standard InChI is InChI=1S/C22H28N2O4S/c25-19(26)13-14-1-6-18-20(14)21-17(7-8-23-22(21)29-18)28-16-4-2-15(3-5-16)24-9-11-27-12-10-24/h7-8,14-16H,1-6,9-13H2,(H,25,26)/t14-,15?,16?/m1/s1. The Hall–Kier alpha value is -1.70. The van der Waals surface area contributed by atoms with Crippen LogP contribution in [0.3, 0.4) is 0 Å². The van der Waals surface area contributed by atoms with Crippen LogP contribution in [0.25, 0.3) is 10.2 Å². The van der Waals surface area contributed by atoms with E-state index in [0.29, 0.717) is 6.04 Å². The molecule has 7 heteroatoms. The lowest BCUT2D eigenvalue weighted by molar-refractivity contribution is -0.137. The number of nitrogens with zero attached hydrogens (tertiary/aromatic N) is 2. The molecule has 1 saturated heterocycles. The fraction of sp³-hybridized carbons (Fsp3) is 0.636. The SMILES string of the molecule is O=C(O)C[C@H]1CCc2sc3nccc(OC4CCC(N5CCOCC5)CC4)c3c21. The average molecular weight is 417 g/mol. The summed E-state index contributed by atoms with van der Waals surface area (Å²) in [6.45, 7) is 3.80. The van der Waals surface area contributed by atoms with Gasteiger partial charge in [-0.2, -0.15) is 0 Å². The number of pyridine rings is 1. The summed E-state index contributed by atoms with van der Waals surface area (Å²) in [5.41, 5.74) is 1.19. The number of thiophene rings is 1. The highest BCUT2D eigenvalue weighted by Crippen LogP contribution is 2.48. The lowest BCUT2D eigenvalue weighted by Crippen LogP contribution is -2.46. The molecule has 156 valence electrons. The number of carboxylic acid groups (broad SMARTS) is 1. The van der Waals surface area contributed by atoms with E-state index in [1.54, 1.807) is 11.3 Å². The smallest absolute Gasteiger partial charge is 0.303 e. The molecule has 2 aromatic rings. The molecule has 0 amide bonds. The highest BCUT2D eigenvalue weighted by Gasteiger charge is 2.32. The van der Waals surface area contributed by atoms with Gasteiger partial charge < -0.3 is 14.6 Å². The zero-order chi connectivity index (χ0) is 19.8. The van der Waals surface area contributed by atoms with E-state index in [1.165, 1.54) is 23.3 Å². The Kier molecular flexibility index (Phi) is 5.45. The second kappa shape index (κ2) is 8.20. The van der Waals surface area contributed by atoms with Gasteiger partial charge >= 0.3 is 5.97 Å². The Morgan fingerprint density at radius 3 is 2.79 bits per heavy atom. The van der Waals surface area contributed by atoms with Crippen molar-refractivity contribution in [1.82, 2.24) is 9.88 Å². The lowest BCUT2D eigenvalue weighted by atomic mass is 9.91. The Balaban J connectivity index is 1.32. The van der Waals surface area contributed by atoms with Gasteiger partial charge in [-0.1, -0.05) is 0 Å². The first kappa shape index (κ1) is 19.3. The van der Waals surface area contributed by atoms with Gasteiger partial charge in [-0.3, -0.25) is 9.69 Å². The molecule has 5 rings (SSSR count). The van der Waals surface area contributed by atoms with E-state index in [9.17, 15) is 9.90 Å². The number of ether oxygens (including phenoxy) is 2. The van der Waals surface area contributed by atoms with Crippen LogP contribution >= 0.6 is 11.3 Å². The van der Waals surface area contributed by atoms with Crippen molar-refractivity contribution in [3.05, 3.63) is 22.7 Å². The number of aromatic nitrogens is 1. The van der Waals surface area contributed by atoms with Crippen LogP contribution in [0.15, 0.2) is 12.3 Å². The second-order valence-corrected chi connectivity index (χ2v) is 9.54. The number of aliphatic carboxylic acids is 1. The number of aryl methyl sites for hydroxylation is 1. The van der Waals surface area contributed by atoms with Crippen molar-refractivity contribution in [3.63, 3.8) is 0 Å². The molecule has 2 aromatic heterocycles. The number of morpholine rings is 1. The minimum Gasteiger partial charge on any atom is -0.490 e. The first-order valence-electron chi connectivity index (χ1n) is 10.8. The molecule has 1 N–H and O–H groups in total. The van der Waals surface area contributed by atoms with Gasteiger partial charge in [0.15, 0.2) is 0 Å². The van der Waals surface area contributed by atoms with Crippen LogP contribution < -0.4 is 4.74 Å². The summed E-state index contributed by atoms with van der Waals surface area (Å²) in [6, 6.07) is 2.63. The number of carbonyl (C=O) groups is 1. The van der Waals surface area contributed by atoms with Crippen LogP contribution in [-0.2, 0) is 16.0 Å². The van der Waals surface area contributed by atoms with E-state index in [-0.39, 0.29) is 18.4 Å². The minimum absolute atomic E-state index is 0.0832. The monoisotopic (exact) mass is 416 g/mol. The summed E-state index contributed by atoms with van der Waals surface area (Å²) in [6.07, 6.45) is 8.60. The third-order valence-corrected chi connectivity index (χ3v) is 7.89. The third-order valence-electron chi connectivity index (χ3n) is 6.72. The van der Waals surface area contributed by atoms with Gasteiger partial charge in [0.25, 0.3) is 0 Å². The molecule has 3 heterocycles. The number of rotatable bonds is 5. The molecule has 2 aliphatic carbocycles. The first-order valence-corrected chi connectivity index (χ1v) is 11.6. The molecule has 1 atom stereocenters. The first-order chi connectivity index (χ1) is 14.2. The van der Waals surface area contributed by atoms with Gasteiger partial charge in [-0.05, 0) is 56.1 Å². The molecule has 1 saturated carbocycles. The molecule has 1 aliphatic heterocycles. The zero-order valence-corrected chi connectivity index (χ0v) is 17.5. The molecular weight excluding hydrogens is 388 g/mol. The van der Waals surface area contributed by atoms with Crippen molar-refractivity contribution in [3.8, 4) is 5.75 Å². The van der Waals surface area contributed by atoms with E-state index < -0.39 is 5.97 Å². The fourth-order valence-electron chi connectivity index (χ4n) is 5.29. The quantitative estimate of drug-likeness (QED) is 0.799. The summed E-state index contributed by atoms with van der Waals surface area (Å²) in [5.74, 6) is 0.259. The molecule has 29 heavy (non-hydrogen) atoms. The maximum atomic E-state index is 11.3. The summed E-state index contributed by atoms with van der Waals surface area (Å²) in [5, 5.41) is 10.4. The molecule has 3 aliphatic rings. The molecule has 0 bridgehead atoms. The average Bonchev–Trinajstić information content (AvgIpc) is 3.29. The molecule has 0 radical (unpaired) electrons. The van der Waals surface area contributed by atoms with E-state index in [0.717, 1.165) is 68.0 Å². The fourth-order valence-corrected chi connectivity index (χ4v) is 6.55. The molecular formula is C22H28N2O4S. The summed E-state index contributed by atoms with van der Waals surface area (Å²) in [4.78, 5) is 20.8. The van der Waals surface area contributed by atoms with E-state index >= 15 is 0 Å². The molecule has 2 fully saturated rings. The van der Waals surface area contributed by atoms with Gasteiger partial charge in [0.1, 0.15) is 10.6 Å². The van der Waals surface area contributed by atoms with E-state index in [4.69, 9.17) is 9.47 Å². The zero-order valence-electron chi connectivity index (χ0n) is 16.6. The topological polar surface area (TPSA) is 71.9 Å². The minimum atomic E-state index is -0.727. The summed E-state index contributed by atoms with van der Waals surface area (Å²) < 4.78 is 12.0. The maximum Gasteiger partial charge on any atom is 0.303 e. The van der Waals surface area contributed by atoms with Gasteiger partial charge in [0.2, 0.25) is 0 Å². The summed E-state index contributed by atoms with van der Waals surface area (Å²) >= 11 is 1.71. The van der Waals surface area contributed by atoms with Crippen molar-refractivity contribution >= 4 is 27.5 Å². The molecule has 0 unspecified atom stereocenters. The maximum absolute atomic E-state index is 11.3. The lowest BCUT2D eigenvalue weighted by Gasteiger charge is -2.38. The predicted octanol–water partition coefficient (Wildman–Crippen LogP) is 3.82. The van der Waals surface area contributed by atoms with Crippen LogP contribution in [-0.4, -0.2) is 59.4 Å². The Morgan fingerprint density at radius 1 is 1.24 bits per heavy atom. The predicted molar refractivity (Wildman–Crippen MR) is 112 cm³/mol. The van der Waals surface area contributed by atoms with Gasteiger partial charge in [-0.15, -0.1) is 11.3 Å². The number of fused-ring (bicyclic) bond motifs is 3. The normalized spacial score (nSPS) is 27.8. The van der Waals surface area contributed by atoms with Crippen LogP contribution in [0.2, 0.25) is 0 Å². The summed E-state index contributed by atoms with van der Waals surface area (Å²) in [7, 11) is 0. The highest BCUT2D eigenvalue weighted by molar-refractivity contribution is 7.19. The largest absolute Gasteiger partial charge is 0.490 e. The van der Waals surface area contributed by atoms with Crippen molar-refractivity contribution in [2.24, 2.45) is 0 Å². The van der Waals surface area contributed by atoms with Crippen molar-refractivity contribution < 1.29 is 19.4 Å². The highest BCUT2D eigenvalue weighted by atomic mass is 32.1. The van der Waals surface area contributed by atoms with Crippen LogP contribution in [0.1, 0.15) is 54.9 Å². The van der Waals surface area contributed by atoms with Crippen LogP contribution in [0, 0.1) is 0 Å². The van der Waals surface area contributed by atoms with Gasteiger partial charge in [-0.25, -0.2) is 4.98 Å². The van der Waals surface area contributed by atoms with E-state index in [2.05, 4.69) is 9.88 Å². The molecule has 6 nitrogen and oxygen atoms in total. The molecule has 0 spiro atoms. The Morgan fingerprint density at radius 2 is 2.03 bits per heavy atom. The van der Waals surface area contributed by atoms with Crippen molar-refractivity contribution in [1.29, 1.82) is 0 Å². The second-order valence-electron chi connectivity index (χ2n) is 8.46. The number of carboxylic acids is 1. The van der Waals surface area contributed by atoms with Crippen molar-refractivity contribution in [2.45, 2.75) is 63.0 Å². The van der Waals surface area contributed by atoms with Gasteiger partial charge in [0.05, 0.1) is 31.1 Å². The van der Waals surface area contributed by atoms with Crippen LogP contribution in [0.5, 0.6) is 5.75 Å². The Bertz CT molecular complexity index is 884. The number of hydrogen-bond donors (Lipinski definition) is 1. The Labute approximate surface area is 174 Å². The van der Waals surface area contributed by atoms with Crippen molar-refractivity contribution in [2.75, 3.05) is 26.3 Å². The third kappa shape index (κ3) is 3.88. The molecule has 0 aromatic carbocycles. The van der Waals surface area contributed by atoms with Gasteiger partial charge in [0, 0.05) is 30.2 Å². The number of hydrogen-bond acceptors (Lipinski definition) is 6.